The van der Waals surface area contributed by atoms with Crippen LogP contribution in [0, 0.1) is 0 Å². The summed E-state index contributed by atoms with van der Waals surface area (Å²) in [4.78, 5) is 3.89. The summed E-state index contributed by atoms with van der Waals surface area (Å²) < 4.78 is 99.8. The number of benzene rings is 5. The normalized spacial score (nSPS) is 13.2. The molecule has 5 aromatic carbocycles. The van der Waals surface area contributed by atoms with Crippen LogP contribution in [0.1, 0.15) is 36.8 Å². The fraction of sp³-hybridized carbons (Fsp3) is 0.108. The van der Waals surface area contributed by atoms with E-state index >= 15 is 0 Å². The largest absolute Gasteiger partial charge is 1.00 e. The van der Waals surface area contributed by atoms with Crippen molar-refractivity contribution in [3.63, 3.8) is 0 Å². The van der Waals surface area contributed by atoms with Crippen LogP contribution in [0.25, 0.3) is 5.57 Å². The number of hydrogen-bond donors (Lipinski definition) is 3. The standard InChI is InChI=1S/C37H33N3O9S3.2Na/c41-50(42,43)34-19-13-31(14-20-34)38-28-7-1-25(2-8-28)37(26-3-9-29(10-4-26)39-32-15-21-35(22-16-32)51(44,45)46)27-5-11-30(12-6-27)40-33-17-23-36(24-18-33)52(47,48)49;;/h1-4,7-10,13-24,38-39H,5-6,11-12H2,(H,41,42,43)(H,44,45,46)(H,47,48,49);;/q;2*+1/p-2. The summed E-state index contributed by atoms with van der Waals surface area (Å²) in [6.45, 7) is 0. The van der Waals surface area contributed by atoms with E-state index in [2.05, 4.69) is 10.6 Å². The number of allylic oxidation sites excluding steroid dienone is 1. The molecule has 5 aromatic rings. The Kier molecular flexibility index (Phi) is 14.7. The zero-order valence-corrected chi connectivity index (χ0v) is 35.7. The molecule has 0 saturated heterocycles. The summed E-state index contributed by atoms with van der Waals surface area (Å²) in [5.74, 6) is 0. The molecule has 1 aliphatic carbocycles. The third-order valence-electron chi connectivity index (χ3n) is 8.42. The van der Waals surface area contributed by atoms with Gasteiger partial charge in [0.2, 0.25) is 0 Å². The maximum atomic E-state index is 11.4. The van der Waals surface area contributed by atoms with Gasteiger partial charge in [-0.15, -0.1) is 0 Å². The second-order valence-electron chi connectivity index (χ2n) is 12.0. The van der Waals surface area contributed by atoms with Gasteiger partial charge < -0.3 is 19.7 Å². The average molecular weight is 804 g/mol. The predicted octanol–water partition coefficient (Wildman–Crippen LogP) is 1.39. The molecule has 1 aliphatic rings. The Labute approximate surface area is 358 Å². The van der Waals surface area contributed by atoms with Gasteiger partial charge in [-0.25, -0.2) is 16.8 Å². The third-order valence-corrected chi connectivity index (χ3v) is 11.0. The summed E-state index contributed by atoms with van der Waals surface area (Å²) in [6.07, 6.45) is 2.79. The van der Waals surface area contributed by atoms with E-state index in [-0.39, 0.29) is 73.8 Å². The topological polar surface area (TPSA) is 205 Å². The van der Waals surface area contributed by atoms with Gasteiger partial charge in [0.15, 0.2) is 0 Å². The molecule has 1 fully saturated rings. The number of nitrogens with one attached hydrogen (secondary N) is 2. The maximum Gasteiger partial charge on any atom is 1.00 e. The number of hydrogen-bond acceptors (Lipinski definition) is 11. The SMILES string of the molecule is O=S(=O)([O-])c1ccc(N=C2CCC(=C(c3ccc(Nc4ccc(S(=O)(=O)[O-])cc4)cc3)c3ccc(Nc4ccc(S(=O)(=O)O)cc4)cc3)CC2)cc1.[Na+].[Na+]. The first-order valence-corrected chi connectivity index (χ1v) is 20.1. The van der Waals surface area contributed by atoms with E-state index in [0.29, 0.717) is 29.9 Å². The van der Waals surface area contributed by atoms with Gasteiger partial charge in [0.05, 0.1) is 20.4 Å². The smallest absolute Gasteiger partial charge is 0.744 e. The zero-order chi connectivity index (χ0) is 37.1. The minimum atomic E-state index is -4.55. The molecule has 1 saturated carbocycles. The van der Waals surface area contributed by atoms with Crippen molar-refractivity contribution in [1.82, 2.24) is 0 Å². The van der Waals surface area contributed by atoms with Gasteiger partial charge in [-0.3, -0.25) is 9.55 Å². The molecule has 12 nitrogen and oxygen atoms in total. The Morgan fingerprint density at radius 2 is 0.833 bits per heavy atom. The van der Waals surface area contributed by atoms with Crippen molar-refractivity contribution in [1.29, 1.82) is 0 Å². The van der Waals surface area contributed by atoms with Crippen molar-refractivity contribution in [2.75, 3.05) is 10.6 Å². The number of rotatable bonds is 10. The van der Waals surface area contributed by atoms with Gasteiger partial charge >= 0.3 is 59.1 Å². The van der Waals surface area contributed by atoms with E-state index in [1.807, 2.05) is 48.5 Å². The van der Waals surface area contributed by atoms with E-state index in [1.54, 1.807) is 12.1 Å². The van der Waals surface area contributed by atoms with Gasteiger partial charge in [-0.2, -0.15) is 8.42 Å². The fourth-order valence-electron chi connectivity index (χ4n) is 5.84. The molecule has 0 unspecified atom stereocenters. The van der Waals surface area contributed by atoms with E-state index in [1.165, 1.54) is 66.2 Å². The molecule has 3 N–H and O–H groups in total. The first kappa shape index (κ1) is 43.6. The minimum Gasteiger partial charge on any atom is -0.744 e. The van der Waals surface area contributed by atoms with Crippen molar-refractivity contribution < 1.29 is 98.0 Å². The fourth-order valence-corrected chi connectivity index (χ4v) is 7.25. The third kappa shape index (κ3) is 11.4. The number of anilines is 4. The second kappa shape index (κ2) is 18.2. The molecule has 0 spiro atoms. The van der Waals surface area contributed by atoms with E-state index in [0.717, 1.165) is 46.6 Å². The Balaban J connectivity index is 0.00000325. The van der Waals surface area contributed by atoms with Gasteiger partial charge in [-0.1, -0.05) is 29.8 Å². The van der Waals surface area contributed by atoms with E-state index < -0.39 is 30.4 Å². The van der Waals surface area contributed by atoms with Gasteiger partial charge in [0.25, 0.3) is 10.1 Å². The van der Waals surface area contributed by atoms with Gasteiger partial charge in [0.1, 0.15) is 20.2 Å². The Hall–Kier alpha value is -3.16. The molecular weight excluding hydrogens is 773 g/mol. The van der Waals surface area contributed by atoms with E-state index in [4.69, 9.17) is 4.99 Å². The summed E-state index contributed by atoms with van der Waals surface area (Å²) in [7, 11) is -13.4. The summed E-state index contributed by atoms with van der Waals surface area (Å²) in [5.41, 5.74) is 8.46. The van der Waals surface area contributed by atoms with Gasteiger partial charge in [-0.05, 0) is 139 Å². The number of nitrogens with zero attached hydrogens (tertiary/aromatic N) is 1. The van der Waals surface area contributed by atoms with E-state index in [9.17, 15) is 38.9 Å². The zero-order valence-electron chi connectivity index (χ0n) is 29.3. The van der Waals surface area contributed by atoms with Crippen molar-refractivity contribution in [2.45, 2.75) is 40.4 Å². The maximum absolute atomic E-state index is 11.4. The Morgan fingerprint density at radius 1 is 0.500 bits per heavy atom. The second-order valence-corrected chi connectivity index (χ2v) is 16.2. The molecule has 268 valence electrons. The quantitative estimate of drug-likeness (QED) is 0.136. The molecule has 0 amide bonds. The molecule has 0 radical (unpaired) electrons. The first-order valence-electron chi connectivity index (χ1n) is 15.8. The summed E-state index contributed by atoms with van der Waals surface area (Å²) in [6, 6.07) is 32.4. The van der Waals surface area contributed by atoms with Crippen LogP contribution in [0.5, 0.6) is 0 Å². The van der Waals surface area contributed by atoms with Crippen LogP contribution in [-0.4, -0.2) is 44.6 Å². The van der Waals surface area contributed by atoms with Crippen LogP contribution in [0.4, 0.5) is 28.4 Å². The van der Waals surface area contributed by atoms with Gasteiger partial charge in [0, 0.05) is 28.5 Å². The number of aliphatic imine (C=N–C) groups is 1. The van der Waals surface area contributed by atoms with Crippen LogP contribution < -0.4 is 69.7 Å². The van der Waals surface area contributed by atoms with Crippen molar-refractivity contribution in [3.05, 3.63) is 138 Å². The molecule has 6 rings (SSSR count). The first-order chi connectivity index (χ1) is 24.6. The van der Waals surface area contributed by atoms with Crippen molar-refractivity contribution in [3.8, 4) is 0 Å². The molecule has 0 atom stereocenters. The summed E-state index contributed by atoms with van der Waals surface area (Å²) in [5, 5.41) is 6.45. The average Bonchev–Trinajstić information content (AvgIpc) is 3.10. The Morgan fingerprint density at radius 3 is 1.19 bits per heavy atom. The molecule has 17 heteroatoms. The molecule has 0 aliphatic heterocycles. The van der Waals surface area contributed by atoms with Crippen LogP contribution in [0.3, 0.4) is 0 Å². The molecule has 0 heterocycles. The van der Waals surface area contributed by atoms with Crippen LogP contribution in [0.2, 0.25) is 0 Å². The Bertz CT molecular complexity index is 2360. The molecular formula is C37H31N3Na2O9S3. The monoisotopic (exact) mass is 803 g/mol. The summed E-state index contributed by atoms with van der Waals surface area (Å²) >= 11 is 0. The molecule has 0 bridgehead atoms. The minimum absolute atomic E-state index is 0. The van der Waals surface area contributed by atoms with Crippen molar-refractivity contribution >= 4 is 70.1 Å². The predicted molar refractivity (Wildman–Crippen MR) is 196 cm³/mol. The van der Waals surface area contributed by atoms with Crippen LogP contribution >= 0.6 is 0 Å². The van der Waals surface area contributed by atoms with Crippen LogP contribution in [-0.2, 0) is 30.4 Å². The van der Waals surface area contributed by atoms with Crippen LogP contribution in [0.15, 0.2) is 147 Å². The molecule has 0 aromatic heterocycles. The van der Waals surface area contributed by atoms with Crippen molar-refractivity contribution in [2.24, 2.45) is 4.99 Å². The molecule has 54 heavy (non-hydrogen) atoms.